The fourth-order valence-corrected chi connectivity index (χ4v) is 2.93. The monoisotopic (exact) mass is 380 g/mol. The lowest BCUT2D eigenvalue weighted by Gasteiger charge is -2.16. The van der Waals surface area contributed by atoms with Gasteiger partial charge in [0.2, 0.25) is 0 Å². The van der Waals surface area contributed by atoms with E-state index in [4.69, 9.17) is 0 Å². The SMILES string of the molecule is Cc1ccc(C(=O)[C@H](Br)[C@@H](Br)c2ccccc2)cc1. The Kier molecular flexibility index (Phi) is 4.94. The summed E-state index contributed by atoms with van der Waals surface area (Å²) in [7, 11) is 0. The molecule has 3 heteroatoms. The average Bonchev–Trinajstić information content (AvgIpc) is 2.46. The Labute approximate surface area is 130 Å². The first-order valence-corrected chi connectivity index (χ1v) is 7.86. The van der Waals surface area contributed by atoms with Gasteiger partial charge >= 0.3 is 0 Å². The molecular weight excluding hydrogens is 368 g/mol. The van der Waals surface area contributed by atoms with Gasteiger partial charge in [0.1, 0.15) is 0 Å². The molecule has 1 nitrogen and oxygen atoms in total. The molecule has 19 heavy (non-hydrogen) atoms. The molecule has 2 rings (SSSR count). The van der Waals surface area contributed by atoms with E-state index in [0.717, 1.165) is 16.7 Å². The summed E-state index contributed by atoms with van der Waals surface area (Å²) in [5, 5.41) is 0. The highest BCUT2D eigenvalue weighted by atomic mass is 79.9. The van der Waals surface area contributed by atoms with Crippen LogP contribution in [-0.2, 0) is 0 Å². The maximum Gasteiger partial charge on any atom is 0.177 e. The van der Waals surface area contributed by atoms with Gasteiger partial charge in [0.05, 0.1) is 9.65 Å². The van der Waals surface area contributed by atoms with Gasteiger partial charge in [-0.3, -0.25) is 4.79 Å². The summed E-state index contributed by atoms with van der Waals surface area (Å²) in [6.45, 7) is 2.01. The second kappa shape index (κ2) is 6.49. The molecule has 98 valence electrons. The van der Waals surface area contributed by atoms with E-state index in [9.17, 15) is 4.79 Å². The molecule has 0 heterocycles. The average molecular weight is 382 g/mol. The molecule has 0 bridgehead atoms. The number of aryl methyl sites for hydroxylation is 1. The number of Topliss-reactive ketones (excluding diaryl/α,β-unsaturated/α-hetero) is 1. The summed E-state index contributed by atoms with van der Waals surface area (Å²) in [4.78, 5) is 12.1. The molecule has 2 aromatic rings. The van der Waals surface area contributed by atoms with Crippen molar-refractivity contribution >= 4 is 37.6 Å². The van der Waals surface area contributed by atoms with Crippen LogP contribution in [0.3, 0.4) is 0 Å². The third-order valence-corrected chi connectivity index (χ3v) is 5.67. The normalized spacial score (nSPS) is 13.8. The van der Waals surface area contributed by atoms with Gasteiger partial charge in [-0.25, -0.2) is 0 Å². The lowest BCUT2D eigenvalue weighted by Crippen LogP contribution is -2.19. The largest absolute Gasteiger partial charge is 0.293 e. The third-order valence-electron chi connectivity index (χ3n) is 2.96. The minimum absolute atomic E-state index is 0.0393. The van der Waals surface area contributed by atoms with Crippen molar-refractivity contribution in [2.45, 2.75) is 16.6 Å². The van der Waals surface area contributed by atoms with E-state index >= 15 is 0 Å². The van der Waals surface area contributed by atoms with Crippen LogP contribution >= 0.6 is 31.9 Å². The van der Waals surface area contributed by atoms with Crippen LogP contribution in [0.5, 0.6) is 0 Å². The quantitative estimate of drug-likeness (QED) is 0.533. The molecule has 0 radical (unpaired) electrons. The van der Waals surface area contributed by atoms with Gasteiger partial charge in [-0.1, -0.05) is 92.0 Å². The summed E-state index contributed by atoms with van der Waals surface area (Å²) < 4.78 is 0. The summed E-state index contributed by atoms with van der Waals surface area (Å²) in [5.74, 6) is 0.0886. The van der Waals surface area contributed by atoms with Gasteiger partial charge in [-0.05, 0) is 12.5 Å². The number of rotatable bonds is 4. The molecule has 0 aliphatic rings. The van der Waals surface area contributed by atoms with Crippen LogP contribution in [0.15, 0.2) is 54.6 Å². The maximum absolute atomic E-state index is 12.4. The number of carbonyl (C=O) groups is 1. The standard InChI is InChI=1S/C16H14Br2O/c1-11-7-9-13(10-8-11)16(19)15(18)14(17)12-5-3-2-4-6-12/h2-10,14-15H,1H3/t14-,15+/m0/s1. The second-order valence-corrected chi connectivity index (χ2v) is 6.42. The predicted octanol–water partition coefficient (Wildman–Crippen LogP) is 5.08. The topological polar surface area (TPSA) is 17.1 Å². The van der Waals surface area contributed by atoms with Crippen molar-refractivity contribution in [3.8, 4) is 0 Å². The van der Waals surface area contributed by atoms with Crippen molar-refractivity contribution in [3.63, 3.8) is 0 Å². The van der Waals surface area contributed by atoms with Crippen LogP contribution in [0.2, 0.25) is 0 Å². The molecular formula is C16H14Br2O. The first-order chi connectivity index (χ1) is 9.09. The molecule has 2 aromatic carbocycles. The lowest BCUT2D eigenvalue weighted by molar-refractivity contribution is 0.0991. The van der Waals surface area contributed by atoms with E-state index in [1.165, 1.54) is 0 Å². The van der Waals surface area contributed by atoms with Crippen LogP contribution in [0.1, 0.15) is 26.3 Å². The summed E-state index contributed by atoms with van der Waals surface area (Å²) in [6, 6.07) is 17.6. The highest BCUT2D eigenvalue weighted by Gasteiger charge is 2.25. The summed E-state index contributed by atoms with van der Waals surface area (Å²) in [5.41, 5.74) is 2.97. The summed E-state index contributed by atoms with van der Waals surface area (Å²) >= 11 is 7.10. The second-order valence-electron chi connectivity index (χ2n) is 4.44. The molecule has 0 saturated heterocycles. The van der Waals surface area contributed by atoms with E-state index in [0.29, 0.717) is 0 Å². The van der Waals surface area contributed by atoms with E-state index in [1.807, 2.05) is 61.5 Å². The molecule has 0 spiro atoms. The predicted molar refractivity (Wildman–Crippen MR) is 86.3 cm³/mol. The number of carbonyl (C=O) groups excluding carboxylic acids is 1. The molecule has 0 N–H and O–H groups in total. The lowest BCUT2D eigenvalue weighted by atomic mass is 10.0. The zero-order chi connectivity index (χ0) is 13.8. The Hall–Kier alpha value is -0.930. The maximum atomic E-state index is 12.4. The Bertz CT molecular complexity index is 549. The summed E-state index contributed by atoms with van der Waals surface area (Å²) in [6.07, 6.45) is 0. The fourth-order valence-electron chi connectivity index (χ4n) is 1.82. The van der Waals surface area contributed by atoms with Gasteiger partial charge in [-0.2, -0.15) is 0 Å². The van der Waals surface area contributed by atoms with Crippen LogP contribution in [0.4, 0.5) is 0 Å². The molecule has 0 unspecified atom stereocenters. The Morgan fingerprint density at radius 2 is 1.53 bits per heavy atom. The van der Waals surface area contributed by atoms with E-state index in [1.54, 1.807) is 0 Å². The molecule has 2 atom stereocenters. The van der Waals surface area contributed by atoms with Crippen LogP contribution < -0.4 is 0 Å². The van der Waals surface area contributed by atoms with E-state index in [2.05, 4.69) is 31.9 Å². The van der Waals surface area contributed by atoms with Crippen LogP contribution in [0.25, 0.3) is 0 Å². The Morgan fingerprint density at radius 3 is 2.11 bits per heavy atom. The Balaban J connectivity index is 2.17. The zero-order valence-corrected chi connectivity index (χ0v) is 13.7. The fraction of sp³-hybridized carbons (Fsp3) is 0.188. The number of benzene rings is 2. The van der Waals surface area contributed by atoms with E-state index in [-0.39, 0.29) is 15.4 Å². The minimum Gasteiger partial charge on any atom is -0.293 e. The van der Waals surface area contributed by atoms with Crippen molar-refractivity contribution < 1.29 is 4.79 Å². The number of hydrogen-bond donors (Lipinski definition) is 0. The number of halogens is 2. The van der Waals surface area contributed by atoms with Gasteiger partial charge in [0.25, 0.3) is 0 Å². The highest BCUT2D eigenvalue weighted by Crippen LogP contribution is 2.33. The zero-order valence-electron chi connectivity index (χ0n) is 10.5. The molecule has 0 fully saturated rings. The van der Waals surface area contributed by atoms with Gasteiger partial charge in [0.15, 0.2) is 5.78 Å². The third kappa shape index (κ3) is 3.54. The first kappa shape index (κ1) is 14.5. The first-order valence-electron chi connectivity index (χ1n) is 6.03. The van der Waals surface area contributed by atoms with Crippen molar-refractivity contribution in [2.75, 3.05) is 0 Å². The van der Waals surface area contributed by atoms with Crippen molar-refractivity contribution in [2.24, 2.45) is 0 Å². The molecule has 0 saturated carbocycles. The number of alkyl halides is 2. The molecule has 0 aliphatic carbocycles. The van der Waals surface area contributed by atoms with Crippen molar-refractivity contribution in [3.05, 3.63) is 71.3 Å². The van der Waals surface area contributed by atoms with Gasteiger partial charge < -0.3 is 0 Å². The minimum atomic E-state index is -0.280. The molecule has 0 aromatic heterocycles. The number of ketones is 1. The van der Waals surface area contributed by atoms with Gasteiger partial charge in [0, 0.05) is 5.56 Å². The Morgan fingerprint density at radius 1 is 0.947 bits per heavy atom. The smallest absolute Gasteiger partial charge is 0.177 e. The van der Waals surface area contributed by atoms with Crippen LogP contribution in [-0.4, -0.2) is 10.6 Å². The number of hydrogen-bond acceptors (Lipinski definition) is 1. The van der Waals surface area contributed by atoms with Crippen molar-refractivity contribution in [1.82, 2.24) is 0 Å². The molecule has 0 amide bonds. The highest BCUT2D eigenvalue weighted by molar-refractivity contribution is 9.12. The van der Waals surface area contributed by atoms with Gasteiger partial charge in [-0.15, -0.1) is 0 Å². The van der Waals surface area contributed by atoms with Crippen LogP contribution in [0, 0.1) is 6.92 Å². The molecule has 0 aliphatic heterocycles. The van der Waals surface area contributed by atoms with Crippen molar-refractivity contribution in [1.29, 1.82) is 0 Å². The van der Waals surface area contributed by atoms with E-state index < -0.39 is 0 Å².